The molecule has 0 aliphatic heterocycles. The summed E-state index contributed by atoms with van der Waals surface area (Å²) in [6, 6.07) is 7.55. The molecule has 0 saturated heterocycles. The number of halogens is 1. The average molecular weight is 319 g/mol. The largest absolute Gasteiger partial charge is 0.391 e. The first kappa shape index (κ1) is 17.1. The number of hydrogen-bond donors (Lipinski definition) is 2. The molecular weight excluding hydrogens is 297 g/mol. The molecule has 0 fully saturated rings. The van der Waals surface area contributed by atoms with Crippen molar-refractivity contribution in [2.24, 2.45) is 5.92 Å². The predicted molar refractivity (Wildman–Crippen MR) is 86.1 cm³/mol. The van der Waals surface area contributed by atoms with E-state index >= 15 is 0 Å². The van der Waals surface area contributed by atoms with Gasteiger partial charge in [-0.2, -0.15) is 5.10 Å². The number of aliphatic hydroxyl groups excluding tert-OH is 1. The molecule has 1 aromatic carbocycles. The highest BCUT2D eigenvalue weighted by molar-refractivity contribution is 5.92. The Kier molecular flexibility index (Phi) is 5.50. The molecule has 124 valence electrons. The Hall–Kier alpha value is -2.21. The normalized spacial score (nSPS) is 12.4. The SMILES string of the molecule is Cc1cc(C(=O)NCC(O)CC(C)C)nn1-c1ccc(F)cc1. The molecule has 2 rings (SSSR count). The molecule has 1 aromatic heterocycles. The van der Waals surface area contributed by atoms with Gasteiger partial charge in [-0.1, -0.05) is 13.8 Å². The van der Waals surface area contributed by atoms with Crippen molar-refractivity contribution in [3.05, 3.63) is 47.5 Å². The van der Waals surface area contributed by atoms with Gasteiger partial charge in [0.1, 0.15) is 5.82 Å². The molecule has 1 amide bonds. The molecule has 0 saturated carbocycles. The number of hydrogen-bond acceptors (Lipinski definition) is 3. The monoisotopic (exact) mass is 319 g/mol. The van der Waals surface area contributed by atoms with Crippen LogP contribution in [-0.2, 0) is 0 Å². The van der Waals surface area contributed by atoms with Gasteiger partial charge in [-0.25, -0.2) is 9.07 Å². The first-order valence-electron chi connectivity index (χ1n) is 7.65. The third-order valence-electron chi connectivity index (χ3n) is 3.43. The number of aliphatic hydroxyl groups is 1. The maximum Gasteiger partial charge on any atom is 0.271 e. The summed E-state index contributed by atoms with van der Waals surface area (Å²) in [7, 11) is 0. The van der Waals surface area contributed by atoms with Crippen LogP contribution in [0.25, 0.3) is 5.69 Å². The number of aromatic nitrogens is 2. The highest BCUT2D eigenvalue weighted by Crippen LogP contribution is 2.13. The van der Waals surface area contributed by atoms with E-state index in [0.29, 0.717) is 18.0 Å². The number of nitrogens with one attached hydrogen (secondary N) is 1. The fourth-order valence-corrected chi connectivity index (χ4v) is 2.36. The minimum Gasteiger partial charge on any atom is -0.391 e. The zero-order valence-electron chi connectivity index (χ0n) is 13.6. The second kappa shape index (κ2) is 7.37. The van der Waals surface area contributed by atoms with Crippen molar-refractivity contribution in [3.8, 4) is 5.69 Å². The molecule has 0 bridgehead atoms. The molecule has 23 heavy (non-hydrogen) atoms. The minimum absolute atomic E-state index is 0.194. The quantitative estimate of drug-likeness (QED) is 0.859. The Morgan fingerprint density at radius 2 is 2.00 bits per heavy atom. The molecule has 5 nitrogen and oxygen atoms in total. The Balaban J connectivity index is 2.05. The van der Waals surface area contributed by atoms with Gasteiger partial charge in [-0.15, -0.1) is 0 Å². The number of benzene rings is 1. The smallest absolute Gasteiger partial charge is 0.271 e. The number of carbonyl (C=O) groups is 1. The fraction of sp³-hybridized carbons (Fsp3) is 0.412. The zero-order valence-corrected chi connectivity index (χ0v) is 13.6. The van der Waals surface area contributed by atoms with Crippen LogP contribution in [0.2, 0.25) is 0 Å². The third-order valence-corrected chi connectivity index (χ3v) is 3.43. The Labute approximate surface area is 135 Å². The highest BCUT2D eigenvalue weighted by atomic mass is 19.1. The first-order valence-corrected chi connectivity index (χ1v) is 7.65. The summed E-state index contributed by atoms with van der Waals surface area (Å²) in [5.74, 6) is -0.297. The second-order valence-corrected chi connectivity index (χ2v) is 6.05. The third kappa shape index (κ3) is 4.63. The Bertz CT molecular complexity index is 665. The van der Waals surface area contributed by atoms with Crippen molar-refractivity contribution >= 4 is 5.91 Å². The molecule has 1 unspecified atom stereocenters. The van der Waals surface area contributed by atoms with Crippen molar-refractivity contribution in [2.75, 3.05) is 6.54 Å². The Morgan fingerprint density at radius 3 is 2.61 bits per heavy atom. The van der Waals surface area contributed by atoms with Gasteiger partial charge in [0.05, 0.1) is 11.8 Å². The van der Waals surface area contributed by atoms with E-state index in [0.717, 1.165) is 5.69 Å². The van der Waals surface area contributed by atoms with E-state index in [4.69, 9.17) is 0 Å². The lowest BCUT2D eigenvalue weighted by molar-refractivity contribution is 0.0895. The van der Waals surface area contributed by atoms with E-state index in [1.54, 1.807) is 22.9 Å². The van der Waals surface area contributed by atoms with E-state index in [1.165, 1.54) is 12.1 Å². The summed E-state index contributed by atoms with van der Waals surface area (Å²) in [4.78, 5) is 12.1. The Morgan fingerprint density at radius 1 is 1.35 bits per heavy atom. The maximum atomic E-state index is 13.0. The lowest BCUT2D eigenvalue weighted by Gasteiger charge is -2.13. The molecule has 6 heteroatoms. The molecule has 0 radical (unpaired) electrons. The molecular formula is C17H22FN3O2. The summed E-state index contributed by atoms with van der Waals surface area (Å²) in [5, 5.41) is 16.7. The zero-order chi connectivity index (χ0) is 17.0. The van der Waals surface area contributed by atoms with Crippen molar-refractivity contribution in [3.63, 3.8) is 0 Å². The van der Waals surface area contributed by atoms with Gasteiger partial charge < -0.3 is 10.4 Å². The summed E-state index contributed by atoms with van der Waals surface area (Å²) in [5.41, 5.74) is 1.72. The highest BCUT2D eigenvalue weighted by Gasteiger charge is 2.15. The number of aryl methyl sites for hydroxylation is 1. The van der Waals surface area contributed by atoms with E-state index in [1.807, 2.05) is 20.8 Å². The van der Waals surface area contributed by atoms with Crippen LogP contribution in [0.5, 0.6) is 0 Å². The summed E-state index contributed by atoms with van der Waals surface area (Å²) < 4.78 is 14.6. The summed E-state index contributed by atoms with van der Waals surface area (Å²) in [6.45, 7) is 6.04. The van der Waals surface area contributed by atoms with Gasteiger partial charge in [0.25, 0.3) is 5.91 Å². The molecule has 0 spiro atoms. The average Bonchev–Trinajstić information content (AvgIpc) is 2.87. The van der Waals surface area contributed by atoms with Crippen LogP contribution in [0.3, 0.4) is 0 Å². The van der Waals surface area contributed by atoms with Crippen LogP contribution in [0, 0.1) is 18.7 Å². The topological polar surface area (TPSA) is 67.2 Å². The summed E-state index contributed by atoms with van der Waals surface area (Å²) in [6.07, 6.45) is 0.0581. The van der Waals surface area contributed by atoms with E-state index in [9.17, 15) is 14.3 Å². The maximum absolute atomic E-state index is 13.0. The number of carbonyl (C=O) groups excluding carboxylic acids is 1. The first-order chi connectivity index (χ1) is 10.9. The van der Waals surface area contributed by atoms with Gasteiger partial charge >= 0.3 is 0 Å². The van der Waals surface area contributed by atoms with Crippen LogP contribution < -0.4 is 5.32 Å². The second-order valence-electron chi connectivity index (χ2n) is 6.05. The van der Waals surface area contributed by atoms with E-state index < -0.39 is 6.10 Å². The lowest BCUT2D eigenvalue weighted by atomic mass is 10.1. The van der Waals surface area contributed by atoms with Crippen LogP contribution >= 0.6 is 0 Å². The van der Waals surface area contributed by atoms with Gasteiger partial charge in [-0.05, 0) is 49.6 Å². The minimum atomic E-state index is -0.570. The van der Waals surface area contributed by atoms with Gasteiger partial charge in [0.15, 0.2) is 5.69 Å². The van der Waals surface area contributed by atoms with Crippen molar-refractivity contribution in [1.82, 2.24) is 15.1 Å². The van der Waals surface area contributed by atoms with Crippen LogP contribution in [-0.4, -0.2) is 33.4 Å². The lowest BCUT2D eigenvalue weighted by Crippen LogP contribution is -2.33. The van der Waals surface area contributed by atoms with Gasteiger partial charge in [0.2, 0.25) is 0 Å². The fourth-order valence-electron chi connectivity index (χ4n) is 2.36. The van der Waals surface area contributed by atoms with Gasteiger partial charge in [-0.3, -0.25) is 4.79 Å². The number of rotatable bonds is 6. The van der Waals surface area contributed by atoms with Crippen LogP contribution in [0.15, 0.2) is 30.3 Å². The molecule has 1 heterocycles. The number of nitrogens with zero attached hydrogens (tertiary/aromatic N) is 2. The van der Waals surface area contributed by atoms with E-state index in [2.05, 4.69) is 10.4 Å². The van der Waals surface area contributed by atoms with Crippen LogP contribution in [0.1, 0.15) is 36.5 Å². The standard InChI is InChI=1S/C17H22FN3O2/c1-11(2)8-15(22)10-19-17(23)16-9-12(3)21(20-16)14-6-4-13(18)5-7-14/h4-7,9,11,15,22H,8,10H2,1-3H3,(H,19,23). The number of amides is 1. The van der Waals surface area contributed by atoms with E-state index in [-0.39, 0.29) is 24.0 Å². The molecule has 0 aliphatic carbocycles. The predicted octanol–water partition coefficient (Wildman–Crippen LogP) is 2.46. The summed E-state index contributed by atoms with van der Waals surface area (Å²) >= 11 is 0. The molecule has 0 aliphatic rings. The molecule has 2 aromatic rings. The molecule has 2 N–H and O–H groups in total. The van der Waals surface area contributed by atoms with Gasteiger partial charge in [0, 0.05) is 12.2 Å². The van der Waals surface area contributed by atoms with Crippen LogP contribution in [0.4, 0.5) is 4.39 Å². The van der Waals surface area contributed by atoms with Crippen molar-refractivity contribution in [2.45, 2.75) is 33.3 Å². The van der Waals surface area contributed by atoms with Crippen molar-refractivity contribution in [1.29, 1.82) is 0 Å². The van der Waals surface area contributed by atoms with Crippen molar-refractivity contribution < 1.29 is 14.3 Å². The molecule has 1 atom stereocenters.